The van der Waals surface area contributed by atoms with Gasteiger partial charge in [0.2, 0.25) is 0 Å². The van der Waals surface area contributed by atoms with Crippen LogP contribution in [0.3, 0.4) is 0 Å². The Kier molecular flexibility index (Phi) is 5.60. The highest BCUT2D eigenvalue weighted by molar-refractivity contribution is 6.31. The highest BCUT2D eigenvalue weighted by Gasteiger charge is 2.05. The third-order valence-corrected chi connectivity index (χ3v) is 3.79. The summed E-state index contributed by atoms with van der Waals surface area (Å²) in [5, 5.41) is 7.79. The average molecular weight is 331 g/mol. The Bertz CT molecular complexity index is 726. The van der Waals surface area contributed by atoms with Gasteiger partial charge in [-0.1, -0.05) is 29.8 Å². The molecule has 6 heteroatoms. The molecule has 0 fully saturated rings. The fourth-order valence-electron chi connectivity index (χ4n) is 1.95. The minimum atomic E-state index is -0.237. The third kappa shape index (κ3) is 4.72. The summed E-state index contributed by atoms with van der Waals surface area (Å²) in [6, 6.07) is 12.8. The number of halogens is 1. The number of nitrogens with two attached hydrogens (primary N) is 1. The number of nitrogens with zero attached hydrogens (tertiary/aromatic N) is 1. The van der Waals surface area contributed by atoms with E-state index in [4.69, 9.17) is 17.3 Å². The quantitative estimate of drug-likeness (QED) is 0.447. The van der Waals surface area contributed by atoms with Crippen LogP contribution in [0.25, 0.3) is 0 Å². The van der Waals surface area contributed by atoms with Crippen molar-refractivity contribution in [1.29, 1.82) is 0 Å². The van der Waals surface area contributed by atoms with Crippen LogP contribution in [0.4, 0.5) is 11.4 Å². The summed E-state index contributed by atoms with van der Waals surface area (Å²) in [5.41, 5.74) is 12.2. The van der Waals surface area contributed by atoms with E-state index in [0.29, 0.717) is 16.4 Å². The van der Waals surface area contributed by atoms with Gasteiger partial charge in [0.1, 0.15) is 0 Å². The SMILES string of the molecule is C/C(=N\NC(=O)CNc1cccc(Cl)c1C)c1ccc(N)cc1. The maximum absolute atomic E-state index is 11.9. The normalized spacial score (nSPS) is 11.2. The van der Waals surface area contributed by atoms with Crippen LogP contribution in [-0.4, -0.2) is 18.2 Å². The largest absolute Gasteiger partial charge is 0.399 e. The highest BCUT2D eigenvalue weighted by atomic mass is 35.5. The molecule has 2 aromatic carbocycles. The molecule has 0 saturated carbocycles. The first kappa shape index (κ1) is 16.8. The van der Waals surface area contributed by atoms with E-state index in [0.717, 1.165) is 16.8 Å². The molecule has 0 radical (unpaired) electrons. The lowest BCUT2D eigenvalue weighted by Gasteiger charge is -2.10. The van der Waals surface area contributed by atoms with Crippen molar-refractivity contribution >= 4 is 34.6 Å². The van der Waals surface area contributed by atoms with Crippen LogP contribution in [0.15, 0.2) is 47.6 Å². The number of anilines is 2. The minimum Gasteiger partial charge on any atom is -0.399 e. The first-order valence-electron chi connectivity index (χ1n) is 7.15. The van der Waals surface area contributed by atoms with E-state index in [2.05, 4.69) is 15.8 Å². The van der Waals surface area contributed by atoms with Gasteiger partial charge in [-0.15, -0.1) is 0 Å². The highest BCUT2D eigenvalue weighted by Crippen LogP contribution is 2.22. The molecular formula is C17H19ClN4O. The zero-order valence-corrected chi connectivity index (χ0v) is 13.8. The number of nitrogens with one attached hydrogen (secondary N) is 2. The lowest BCUT2D eigenvalue weighted by atomic mass is 10.1. The summed E-state index contributed by atoms with van der Waals surface area (Å²) in [7, 11) is 0. The van der Waals surface area contributed by atoms with Crippen LogP contribution in [0.5, 0.6) is 0 Å². The van der Waals surface area contributed by atoms with Crippen LogP contribution in [0.1, 0.15) is 18.1 Å². The molecule has 120 valence electrons. The Morgan fingerprint density at radius 2 is 1.91 bits per heavy atom. The molecule has 0 unspecified atom stereocenters. The van der Waals surface area contributed by atoms with E-state index in [1.54, 1.807) is 12.1 Å². The minimum absolute atomic E-state index is 0.111. The molecule has 4 N–H and O–H groups in total. The second-order valence-corrected chi connectivity index (χ2v) is 5.53. The molecule has 0 spiro atoms. The Hall–Kier alpha value is -2.53. The van der Waals surface area contributed by atoms with Crippen molar-refractivity contribution in [2.75, 3.05) is 17.6 Å². The van der Waals surface area contributed by atoms with Gasteiger partial charge in [0, 0.05) is 16.4 Å². The predicted molar refractivity (Wildman–Crippen MR) is 95.9 cm³/mol. The van der Waals surface area contributed by atoms with Gasteiger partial charge in [-0.3, -0.25) is 4.79 Å². The molecule has 0 bridgehead atoms. The van der Waals surface area contributed by atoms with Gasteiger partial charge < -0.3 is 11.1 Å². The number of amides is 1. The maximum Gasteiger partial charge on any atom is 0.259 e. The van der Waals surface area contributed by atoms with Crippen LogP contribution in [0, 0.1) is 6.92 Å². The molecule has 0 aliphatic rings. The summed E-state index contributed by atoms with van der Waals surface area (Å²) in [6.45, 7) is 3.83. The number of hydrogen-bond donors (Lipinski definition) is 3. The van der Waals surface area contributed by atoms with Crippen molar-refractivity contribution in [1.82, 2.24) is 5.43 Å². The Morgan fingerprint density at radius 1 is 1.22 bits per heavy atom. The molecule has 0 saturated heterocycles. The molecule has 1 amide bonds. The number of benzene rings is 2. The molecule has 5 nitrogen and oxygen atoms in total. The molecule has 0 atom stereocenters. The third-order valence-electron chi connectivity index (χ3n) is 3.38. The topological polar surface area (TPSA) is 79.5 Å². The van der Waals surface area contributed by atoms with Crippen LogP contribution < -0.4 is 16.5 Å². The van der Waals surface area contributed by atoms with Crippen molar-refractivity contribution in [3.05, 3.63) is 58.6 Å². The number of carbonyl (C=O) groups excluding carboxylic acids is 1. The van der Waals surface area contributed by atoms with Gasteiger partial charge in [-0.25, -0.2) is 5.43 Å². The van der Waals surface area contributed by atoms with Crippen LogP contribution in [0.2, 0.25) is 5.02 Å². The molecule has 0 heterocycles. The molecular weight excluding hydrogens is 312 g/mol. The van der Waals surface area contributed by atoms with Crippen LogP contribution >= 0.6 is 11.6 Å². The monoisotopic (exact) mass is 330 g/mol. The van der Waals surface area contributed by atoms with E-state index in [9.17, 15) is 4.79 Å². The summed E-state index contributed by atoms with van der Waals surface area (Å²) in [6.07, 6.45) is 0. The number of hydrazone groups is 1. The summed E-state index contributed by atoms with van der Waals surface area (Å²) in [5.74, 6) is -0.237. The predicted octanol–water partition coefficient (Wildman–Crippen LogP) is 3.18. The van der Waals surface area contributed by atoms with Gasteiger partial charge in [-0.05, 0) is 49.2 Å². The van der Waals surface area contributed by atoms with Crippen LogP contribution in [-0.2, 0) is 4.79 Å². The van der Waals surface area contributed by atoms with Crippen molar-refractivity contribution in [3.63, 3.8) is 0 Å². The first-order valence-corrected chi connectivity index (χ1v) is 7.53. The molecule has 2 aromatic rings. The molecule has 0 aromatic heterocycles. The Morgan fingerprint density at radius 3 is 2.61 bits per heavy atom. The number of rotatable bonds is 5. The van der Waals surface area contributed by atoms with Crippen molar-refractivity contribution in [2.45, 2.75) is 13.8 Å². The van der Waals surface area contributed by atoms with E-state index < -0.39 is 0 Å². The second-order valence-electron chi connectivity index (χ2n) is 5.12. The summed E-state index contributed by atoms with van der Waals surface area (Å²) >= 11 is 6.04. The maximum atomic E-state index is 11.9. The van der Waals surface area contributed by atoms with E-state index in [1.807, 2.05) is 44.2 Å². The summed E-state index contributed by atoms with van der Waals surface area (Å²) < 4.78 is 0. The van der Waals surface area contributed by atoms with Gasteiger partial charge in [0.15, 0.2) is 0 Å². The molecule has 23 heavy (non-hydrogen) atoms. The van der Waals surface area contributed by atoms with Crippen molar-refractivity contribution in [2.24, 2.45) is 5.10 Å². The average Bonchev–Trinajstić information content (AvgIpc) is 2.54. The van der Waals surface area contributed by atoms with Gasteiger partial charge in [-0.2, -0.15) is 5.10 Å². The van der Waals surface area contributed by atoms with Crippen molar-refractivity contribution in [3.8, 4) is 0 Å². The fourth-order valence-corrected chi connectivity index (χ4v) is 2.12. The standard InChI is InChI=1S/C17H19ClN4O/c1-11-15(18)4-3-5-16(11)20-10-17(23)22-21-12(2)13-6-8-14(19)9-7-13/h3-9,20H,10,19H2,1-2H3,(H,22,23)/b21-12+. The zero-order valence-electron chi connectivity index (χ0n) is 13.1. The summed E-state index contributed by atoms with van der Waals surface area (Å²) in [4.78, 5) is 11.9. The molecule has 2 rings (SSSR count). The number of carbonyl (C=O) groups is 1. The smallest absolute Gasteiger partial charge is 0.259 e. The number of nitrogen functional groups attached to an aromatic ring is 1. The van der Waals surface area contributed by atoms with Gasteiger partial charge >= 0.3 is 0 Å². The van der Waals surface area contributed by atoms with Crippen molar-refractivity contribution < 1.29 is 4.79 Å². The van der Waals surface area contributed by atoms with Gasteiger partial charge in [0.25, 0.3) is 5.91 Å². The lowest BCUT2D eigenvalue weighted by molar-refractivity contribution is -0.119. The van der Waals surface area contributed by atoms with E-state index in [-0.39, 0.29) is 12.5 Å². The fraction of sp³-hybridized carbons (Fsp3) is 0.176. The molecule has 0 aliphatic carbocycles. The lowest BCUT2D eigenvalue weighted by Crippen LogP contribution is -2.27. The second kappa shape index (κ2) is 7.65. The Balaban J connectivity index is 1.91. The zero-order chi connectivity index (χ0) is 16.8. The van der Waals surface area contributed by atoms with E-state index in [1.165, 1.54) is 0 Å². The number of hydrogen-bond acceptors (Lipinski definition) is 4. The van der Waals surface area contributed by atoms with E-state index >= 15 is 0 Å². The van der Waals surface area contributed by atoms with Gasteiger partial charge in [0.05, 0.1) is 12.3 Å². The first-order chi connectivity index (χ1) is 11.0. The Labute approximate surface area is 140 Å². The molecule has 0 aliphatic heterocycles.